The molecule has 0 aliphatic heterocycles. The highest BCUT2D eigenvalue weighted by Gasteiger charge is 2.17. The van der Waals surface area contributed by atoms with E-state index in [1.165, 1.54) is 0 Å². The average Bonchev–Trinajstić information content (AvgIpc) is 1.95. The van der Waals surface area contributed by atoms with Crippen LogP contribution in [0.3, 0.4) is 0 Å². The first-order valence-corrected chi connectivity index (χ1v) is 3.70. The van der Waals surface area contributed by atoms with Crippen molar-refractivity contribution in [3.63, 3.8) is 0 Å². The second kappa shape index (κ2) is 3.56. The molecule has 0 saturated heterocycles. The number of carbonyl (C=O) groups is 1. The maximum absolute atomic E-state index is 9.98. The number of hydrogen-bond donors (Lipinski definition) is 2. The van der Waals surface area contributed by atoms with Crippen LogP contribution in [-0.2, 0) is 4.79 Å². The number of carbonyl (C=O) groups excluding carboxylic acids is 1. The van der Waals surface area contributed by atoms with Crippen molar-refractivity contribution in [3.05, 3.63) is 0 Å². The van der Waals surface area contributed by atoms with Gasteiger partial charge in [-0.15, -0.1) is 0 Å². The van der Waals surface area contributed by atoms with E-state index in [9.17, 15) is 4.79 Å². The van der Waals surface area contributed by atoms with E-state index >= 15 is 0 Å². The maximum atomic E-state index is 9.98. The highest BCUT2D eigenvalue weighted by Crippen LogP contribution is 2.17. The second-order valence-electron chi connectivity index (χ2n) is 2.79. The molecule has 0 aromatic carbocycles. The molecule has 0 heterocycles. The largest absolute Gasteiger partial charge is 0.393 e. The van der Waals surface area contributed by atoms with Gasteiger partial charge in [-0.05, 0) is 25.7 Å². The first kappa shape index (κ1) is 7.54. The molecule has 1 saturated carbocycles. The normalized spacial score (nSPS) is 33.3. The third-order valence-electron chi connectivity index (χ3n) is 2.00. The molecule has 0 bridgehead atoms. The van der Waals surface area contributed by atoms with Gasteiger partial charge in [-0.1, -0.05) is 0 Å². The number of aliphatic hydroxyl groups is 1. The van der Waals surface area contributed by atoms with E-state index < -0.39 is 0 Å². The van der Waals surface area contributed by atoms with Crippen molar-refractivity contribution in [2.75, 3.05) is 0 Å². The Morgan fingerprint density at radius 2 is 1.90 bits per heavy atom. The predicted octanol–water partition coefficient (Wildman–Crippen LogP) is 0.0359. The Hall–Kier alpha value is -0.570. The molecule has 3 heteroatoms. The van der Waals surface area contributed by atoms with E-state index in [-0.39, 0.29) is 6.10 Å². The molecule has 0 unspecified atom stereocenters. The molecule has 58 valence electrons. The Bertz CT molecular complexity index is 108. The molecule has 1 amide bonds. The van der Waals surface area contributed by atoms with Gasteiger partial charge in [0.2, 0.25) is 6.41 Å². The molecular formula is C7H13NO2. The molecule has 0 atom stereocenters. The van der Waals surface area contributed by atoms with Crippen molar-refractivity contribution in [2.24, 2.45) is 0 Å². The van der Waals surface area contributed by atoms with Crippen LogP contribution in [0.15, 0.2) is 0 Å². The Balaban J connectivity index is 2.19. The van der Waals surface area contributed by atoms with Crippen LogP contribution in [0, 0.1) is 0 Å². The van der Waals surface area contributed by atoms with Crippen molar-refractivity contribution in [3.8, 4) is 0 Å². The first-order valence-electron chi connectivity index (χ1n) is 3.70. The summed E-state index contributed by atoms with van der Waals surface area (Å²) < 4.78 is 0. The van der Waals surface area contributed by atoms with E-state index in [1.807, 2.05) is 0 Å². The third kappa shape index (κ3) is 1.99. The molecule has 10 heavy (non-hydrogen) atoms. The van der Waals surface area contributed by atoms with E-state index in [4.69, 9.17) is 5.11 Å². The molecule has 1 fully saturated rings. The van der Waals surface area contributed by atoms with Crippen LogP contribution >= 0.6 is 0 Å². The second-order valence-corrected chi connectivity index (χ2v) is 2.79. The lowest BCUT2D eigenvalue weighted by atomic mass is 9.93. The summed E-state index contributed by atoms with van der Waals surface area (Å²) in [5, 5.41) is 11.8. The smallest absolute Gasteiger partial charge is 0.207 e. The van der Waals surface area contributed by atoms with Gasteiger partial charge in [-0.2, -0.15) is 0 Å². The number of aliphatic hydroxyl groups excluding tert-OH is 1. The highest BCUT2D eigenvalue weighted by atomic mass is 16.3. The van der Waals surface area contributed by atoms with Gasteiger partial charge in [-0.25, -0.2) is 0 Å². The highest BCUT2D eigenvalue weighted by molar-refractivity contribution is 5.46. The fourth-order valence-corrected chi connectivity index (χ4v) is 1.34. The molecule has 3 nitrogen and oxygen atoms in total. The molecule has 1 aliphatic rings. The molecule has 1 rings (SSSR count). The van der Waals surface area contributed by atoms with Gasteiger partial charge in [0.25, 0.3) is 0 Å². The monoisotopic (exact) mass is 143 g/mol. The van der Waals surface area contributed by atoms with Crippen molar-refractivity contribution in [2.45, 2.75) is 37.8 Å². The summed E-state index contributed by atoms with van der Waals surface area (Å²) in [6.07, 6.45) is 4.09. The zero-order valence-electron chi connectivity index (χ0n) is 5.92. The van der Waals surface area contributed by atoms with Gasteiger partial charge < -0.3 is 10.4 Å². The lowest BCUT2D eigenvalue weighted by Gasteiger charge is -2.24. The van der Waals surface area contributed by atoms with Crippen LogP contribution in [0.25, 0.3) is 0 Å². The van der Waals surface area contributed by atoms with Gasteiger partial charge in [0, 0.05) is 6.04 Å². The summed E-state index contributed by atoms with van der Waals surface area (Å²) >= 11 is 0. The van der Waals surface area contributed by atoms with E-state index in [0.717, 1.165) is 32.1 Å². The van der Waals surface area contributed by atoms with Crippen molar-refractivity contribution in [1.82, 2.24) is 5.32 Å². The Morgan fingerprint density at radius 3 is 2.40 bits per heavy atom. The first-order chi connectivity index (χ1) is 4.83. The van der Waals surface area contributed by atoms with Crippen molar-refractivity contribution in [1.29, 1.82) is 0 Å². The Kier molecular flexibility index (Phi) is 2.68. The molecule has 0 spiro atoms. The number of nitrogens with one attached hydrogen (secondary N) is 1. The van der Waals surface area contributed by atoms with E-state index in [1.54, 1.807) is 0 Å². The lowest BCUT2D eigenvalue weighted by molar-refractivity contribution is -0.110. The quantitative estimate of drug-likeness (QED) is 0.536. The molecule has 0 aromatic heterocycles. The zero-order valence-corrected chi connectivity index (χ0v) is 5.92. The summed E-state index contributed by atoms with van der Waals surface area (Å²) in [6, 6.07) is 0.306. The van der Waals surface area contributed by atoms with Crippen LogP contribution < -0.4 is 5.32 Å². The number of hydrogen-bond acceptors (Lipinski definition) is 2. The predicted molar refractivity (Wildman–Crippen MR) is 37.5 cm³/mol. The molecule has 0 radical (unpaired) electrons. The van der Waals surface area contributed by atoms with Crippen LogP contribution in [0.4, 0.5) is 0 Å². The van der Waals surface area contributed by atoms with Gasteiger partial charge in [0.15, 0.2) is 0 Å². The zero-order chi connectivity index (χ0) is 7.40. The summed E-state index contributed by atoms with van der Waals surface area (Å²) in [5.41, 5.74) is 0. The molecule has 1 aliphatic carbocycles. The number of rotatable bonds is 2. The summed E-state index contributed by atoms with van der Waals surface area (Å²) in [4.78, 5) is 9.98. The van der Waals surface area contributed by atoms with Gasteiger partial charge in [0.1, 0.15) is 0 Å². The van der Waals surface area contributed by atoms with E-state index in [0.29, 0.717) is 6.04 Å². The Labute approximate surface area is 60.4 Å². The topological polar surface area (TPSA) is 49.3 Å². The summed E-state index contributed by atoms with van der Waals surface area (Å²) in [6.45, 7) is 0. The SMILES string of the molecule is O=CNC1CCC(O)CC1. The summed E-state index contributed by atoms with van der Waals surface area (Å²) in [5.74, 6) is 0. The lowest BCUT2D eigenvalue weighted by Crippen LogP contribution is -2.33. The fourth-order valence-electron chi connectivity index (χ4n) is 1.34. The van der Waals surface area contributed by atoms with E-state index in [2.05, 4.69) is 5.32 Å². The number of amides is 1. The van der Waals surface area contributed by atoms with Crippen LogP contribution in [0.1, 0.15) is 25.7 Å². The molecule has 0 aromatic rings. The van der Waals surface area contributed by atoms with Crippen LogP contribution in [0.5, 0.6) is 0 Å². The standard InChI is InChI=1S/C7H13NO2/c9-5-8-6-1-3-7(10)4-2-6/h5-7,10H,1-4H2,(H,8,9). The maximum Gasteiger partial charge on any atom is 0.207 e. The van der Waals surface area contributed by atoms with Gasteiger partial charge in [0.05, 0.1) is 6.10 Å². The minimum Gasteiger partial charge on any atom is -0.393 e. The molecular weight excluding hydrogens is 130 g/mol. The minimum atomic E-state index is -0.135. The summed E-state index contributed by atoms with van der Waals surface area (Å²) in [7, 11) is 0. The van der Waals surface area contributed by atoms with Crippen LogP contribution in [-0.4, -0.2) is 23.7 Å². The van der Waals surface area contributed by atoms with Crippen LogP contribution in [0.2, 0.25) is 0 Å². The minimum absolute atomic E-state index is 0.135. The van der Waals surface area contributed by atoms with Crippen molar-refractivity contribution < 1.29 is 9.90 Å². The van der Waals surface area contributed by atoms with Crippen molar-refractivity contribution >= 4 is 6.41 Å². The molecule has 2 N–H and O–H groups in total. The third-order valence-corrected chi connectivity index (χ3v) is 2.00. The fraction of sp³-hybridized carbons (Fsp3) is 0.857. The average molecular weight is 143 g/mol. The Morgan fingerprint density at radius 1 is 1.30 bits per heavy atom. The van der Waals surface area contributed by atoms with Gasteiger partial charge >= 0.3 is 0 Å². The van der Waals surface area contributed by atoms with Gasteiger partial charge in [-0.3, -0.25) is 4.79 Å².